The van der Waals surface area contributed by atoms with E-state index in [0.717, 1.165) is 5.02 Å². The maximum absolute atomic E-state index is 7.13. The van der Waals surface area contributed by atoms with Gasteiger partial charge in [-0.1, -0.05) is 87.8 Å². The quantitative estimate of drug-likeness (QED) is 0.413. The molecule has 0 unspecified atom stereocenters. The van der Waals surface area contributed by atoms with Gasteiger partial charge in [-0.3, -0.25) is 0 Å². The third-order valence-corrected chi connectivity index (χ3v) is 6.70. The molecule has 0 aliphatic heterocycles. The predicted octanol–water partition coefficient (Wildman–Crippen LogP) is 6.95. The molecule has 0 bridgehead atoms. The third kappa shape index (κ3) is 1.69. The topological polar surface area (TPSA) is 0 Å². The van der Waals surface area contributed by atoms with E-state index in [1.54, 1.807) is 0 Å². The molecule has 0 aromatic heterocycles. The molecule has 0 N–H and O–H groups in total. The maximum atomic E-state index is 7.13. The van der Waals surface area contributed by atoms with Gasteiger partial charge in [-0.05, 0) is 45.0 Å². The van der Waals surface area contributed by atoms with Crippen molar-refractivity contribution in [2.75, 3.05) is 0 Å². The second-order valence-electron chi connectivity index (χ2n) is 8.38. The Balaban J connectivity index is 1.93. The number of fused-ring (bicyclic) bond motifs is 6. The molecule has 5 rings (SSSR count). The molecule has 3 aromatic rings. The average molecular weight is 345 g/mol. The highest BCUT2D eigenvalue weighted by Crippen LogP contribution is 2.59. The van der Waals surface area contributed by atoms with E-state index in [9.17, 15) is 0 Å². The Morgan fingerprint density at radius 3 is 1.88 bits per heavy atom. The number of benzene rings is 3. The van der Waals surface area contributed by atoms with Crippen LogP contribution in [0.5, 0.6) is 0 Å². The summed E-state index contributed by atoms with van der Waals surface area (Å²) >= 11 is 7.13. The molecule has 0 heterocycles. The molecule has 0 amide bonds. The molecule has 1 heteroatoms. The first-order chi connectivity index (χ1) is 11.8. The number of rotatable bonds is 0. The summed E-state index contributed by atoms with van der Waals surface area (Å²) in [5.74, 6) is 0. The standard InChI is InChI=1S/C24H21Cl/c1-23(2)18-12-8-6-10-15(18)20-19(23)13-16-14-9-5-7-11-17(14)24(3,4)21(16)22(20)25/h5-13H,1-4H3. The van der Waals surface area contributed by atoms with Crippen LogP contribution in [0.1, 0.15) is 49.9 Å². The summed E-state index contributed by atoms with van der Waals surface area (Å²) in [6.07, 6.45) is 0. The Morgan fingerprint density at radius 2 is 1.20 bits per heavy atom. The van der Waals surface area contributed by atoms with E-state index in [1.807, 2.05) is 0 Å². The van der Waals surface area contributed by atoms with Crippen molar-refractivity contribution in [2.45, 2.75) is 38.5 Å². The number of hydrogen-bond acceptors (Lipinski definition) is 0. The van der Waals surface area contributed by atoms with Crippen molar-refractivity contribution in [1.29, 1.82) is 0 Å². The van der Waals surface area contributed by atoms with E-state index in [0.29, 0.717) is 0 Å². The van der Waals surface area contributed by atoms with Gasteiger partial charge in [0.2, 0.25) is 0 Å². The molecule has 0 saturated heterocycles. The van der Waals surface area contributed by atoms with Crippen LogP contribution >= 0.6 is 11.6 Å². The van der Waals surface area contributed by atoms with Gasteiger partial charge >= 0.3 is 0 Å². The Morgan fingerprint density at radius 1 is 0.640 bits per heavy atom. The summed E-state index contributed by atoms with van der Waals surface area (Å²) in [4.78, 5) is 0. The highest BCUT2D eigenvalue weighted by atomic mass is 35.5. The van der Waals surface area contributed by atoms with Crippen LogP contribution in [0.15, 0.2) is 54.6 Å². The van der Waals surface area contributed by atoms with Gasteiger partial charge in [0.15, 0.2) is 0 Å². The van der Waals surface area contributed by atoms with Gasteiger partial charge in [0.25, 0.3) is 0 Å². The SMILES string of the molecule is CC1(C)c2ccccc2-c2c1cc1c(c2Cl)C(C)(C)c2ccccc2-1. The summed E-state index contributed by atoms with van der Waals surface area (Å²) in [6.45, 7) is 9.21. The first-order valence-electron chi connectivity index (χ1n) is 8.92. The van der Waals surface area contributed by atoms with Crippen molar-refractivity contribution in [3.63, 3.8) is 0 Å². The van der Waals surface area contributed by atoms with E-state index in [4.69, 9.17) is 11.6 Å². The van der Waals surface area contributed by atoms with E-state index in [1.165, 1.54) is 44.5 Å². The molecule has 0 fully saturated rings. The molecule has 0 radical (unpaired) electrons. The first kappa shape index (κ1) is 15.2. The van der Waals surface area contributed by atoms with Crippen LogP contribution in [0.3, 0.4) is 0 Å². The average Bonchev–Trinajstić information content (AvgIpc) is 2.96. The second-order valence-corrected chi connectivity index (χ2v) is 8.75. The zero-order chi connectivity index (χ0) is 17.6. The van der Waals surface area contributed by atoms with Crippen molar-refractivity contribution >= 4 is 11.6 Å². The molecule has 0 spiro atoms. The summed E-state index contributed by atoms with van der Waals surface area (Å²) < 4.78 is 0. The number of hydrogen-bond donors (Lipinski definition) is 0. The fourth-order valence-corrected chi connectivity index (χ4v) is 5.56. The minimum Gasteiger partial charge on any atom is -0.0833 e. The van der Waals surface area contributed by atoms with Crippen molar-refractivity contribution in [1.82, 2.24) is 0 Å². The van der Waals surface area contributed by atoms with Crippen molar-refractivity contribution in [3.8, 4) is 22.3 Å². The van der Waals surface area contributed by atoms with Crippen molar-refractivity contribution in [2.24, 2.45) is 0 Å². The van der Waals surface area contributed by atoms with Crippen molar-refractivity contribution < 1.29 is 0 Å². The molecule has 3 aromatic carbocycles. The van der Waals surface area contributed by atoms with E-state index in [-0.39, 0.29) is 10.8 Å². The summed E-state index contributed by atoms with van der Waals surface area (Å²) in [5, 5.41) is 0.937. The van der Waals surface area contributed by atoms with Gasteiger partial charge in [0, 0.05) is 16.4 Å². The fourth-order valence-electron chi connectivity index (χ4n) is 5.02. The molecule has 25 heavy (non-hydrogen) atoms. The Bertz CT molecular complexity index is 1050. The highest BCUT2D eigenvalue weighted by Gasteiger charge is 2.43. The van der Waals surface area contributed by atoms with Gasteiger partial charge in [0.1, 0.15) is 0 Å². The van der Waals surface area contributed by atoms with Crippen LogP contribution in [0, 0.1) is 0 Å². The minimum absolute atomic E-state index is 0.0216. The Labute approximate surface area is 154 Å². The van der Waals surface area contributed by atoms with E-state index < -0.39 is 0 Å². The van der Waals surface area contributed by atoms with E-state index >= 15 is 0 Å². The molecule has 0 saturated carbocycles. The largest absolute Gasteiger partial charge is 0.0833 e. The van der Waals surface area contributed by atoms with Crippen LogP contribution in [0.25, 0.3) is 22.3 Å². The summed E-state index contributed by atoms with van der Waals surface area (Å²) in [5.41, 5.74) is 10.5. The highest BCUT2D eigenvalue weighted by molar-refractivity contribution is 6.35. The molecular weight excluding hydrogens is 324 g/mol. The molecule has 0 atom stereocenters. The Hall–Kier alpha value is -2.05. The molecule has 0 nitrogen and oxygen atoms in total. The lowest BCUT2D eigenvalue weighted by Gasteiger charge is -2.25. The van der Waals surface area contributed by atoms with E-state index in [2.05, 4.69) is 82.3 Å². The zero-order valence-electron chi connectivity index (χ0n) is 15.1. The smallest absolute Gasteiger partial charge is 0.0534 e. The predicted molar refractivity (Wildman–Crippen MR) is 107 cm³/mol. The van der Waals surface area contributed by atoms with Gasteiger partial charge in [-0.15, -0.1) is 0 Å². The van der Waals surface area contributed by atoms with Gasteiger partial charge in [-0.2, -0.15) is 0 Å². The molecule has 124 valence electrons. The fraction of sp³-hybridized carbons (Fsp3) is 0.250. The lowest BCUT2D eigenvalue weighted by Crippen LogP contribution is -2.17. The normalized spacial score (nSPS) is 17.6. The third-order valence-electron chi connectivity index (χ3n) is 6.33. The van der Waals surface area contributed by atoms with Crippen LogP contribution in [0.4, 0.5) is 0 Å². The minimum atomic E-state index is -0.0697. The maximum Gasteiger partial charge on any atom is 0.0534 e. The molecule has 2 aliphatic carbocycles. The van der Waals surface area contributed by atoms with Gasteiger partial charge < -0.3 is 0 Å². The zero-order valence-corrected chi connectivity index (χ0v) is 15.8. The molecular formula is C24H21Cl. The molecule has 2 aliphatic rings. The van der Waals surface area contributed by atoms with Crippen LogP contribution in [0.2, 0.25) is 5.02 Å². The van der Waals surface area contributed by atoms with Crippen molar-refractivity contribution in [3.05, 3.63) is 81.9 Å². The monoisotopic (exact) mass is 344 g/mol. The van der Waals surface area contributed by atoms with Crippen LogP contribution in [-0.2, 0) is 10.8 Å². The van der Waals surface area contributed by atoms with Gasteiger partial charge in [0.05, 0.1) is 5.02 Å². The Kier molecular flexibility index (Phi) is 2.78. The van der Waals surface area contributed by atoms with Crippen LogP contribution < -0.4 is 0 Å². The first-order valence-corrected chi connectivity index (χ1v) is 9.30. The summed E-state index contributed by atoms with van der Waals surface area (Å²) in [6, 6.07) is 19.9. The lowest BCUT2D eigenvalue weighted by molar-refractivity contribution is 0.652. The lowest BCUT2D eigenvalue weighted by atomic mass is 9.79. The van der Waals surface area contributed by atoms with Crippen LogP contribution in [-0.4, -0.2) is 0 Å². The summed E-state index contributed by atoms with van der Waals surface area (Å²) in [7, 11) is 0. The number of halogens is 1. The van der Waals surface area contributed by atoms with Gasteiger partial charge in [-0.25, -0.2) is 0 Å². The second kappa shape index (κ2) is 4.56.